The van der Waals surface area contributed by atoms with Gasteiger partial charge in [0.15, 0.2) is 10.3 Å². The van der Waals surface area contributed by atoms with E-state index < -0.39 is 0 Å². The first-order chi connectivity index (χ1) is 10.0. The van der Waals surface area contributed by atoms with Gasteiger partial charge in [0.1, 0.15) is 5.03 Å². The van der Waals surface area contributed by atoms with Crippen LogP contribution in [0.2, 0.25) is 0 Å². The minimum atomic E-state index is 0.251. The Kier molecular flexibility index (Phi) is 5.40. The van der Waals surface area contributed by atoms with E-state index in [1.165, 1.54) is 11.8 Å². The van der Waals surface area contributed by atoms with Crippen LogP contribution in [0.5, 0.6) is 0 Å². The average molecular weight is 320 g/mol. The Morgan fingerprint density at radius 2 is 1.95 bits per heavy atom. The first kappa shape index (κ1) is 15.6. The molecule has 0 aromatic carbocycles. The third-order valence-corrected chi connectivity index (χ3v) is 3.25. The summed E-state index contributed by atoms with van der Waals surface area (Å²) in [7, 11) is 0. The van der Waals surface area contributed by atoms with Crippen molar-refractivity contribution in [3.63, 3.8) is 0 Å². The highest BCUT2D eigenvalue weighted by Crippen LogP contribution is 2.23. The highest BCUT2D eigenvalue weighted by atomic mass is 32.2. The normalized spacial score (nSPS) is 10.5. The molecule has 0 aliphatic carbocycles. The fourth-order valence-electron chi connectivity index (χ4n) is 1.48. The van der Waals surface area contributed by atoms with Crippen LogP contribution in [0.25, 0.3) is 0 Å². The van der Waals surface area contributed by atoms with Gasteiger partial charge in [0.25, 0.3) is 0 Å². The first-order valence-electron chi connectivity index (χ1n) is 6.41. The van der Waals surface area contributed by atoms with Crippen LogP contribution in [0.1, 0.15) is 19.5 Å². The lowest BCUT2D eigenvalue weighted by molar-refractivity contribution is 0.738. The number of anilines is 1. The van der Waals surface area contributed by atoms with E-state index in [1.54, 1.807) is 18.5 Å². The molecule has 0 atom stereocenters. The monoisotopic (exact) mass is 320 g/mol. The van der Waals surface area contributed by atoms with Crippen LogP contribution in [0.3, 0.4) is 0 Å². The first-order valence-corrected chi connectivity index (χ1v) is 7.63. The van der Waals surface area contributed by atoms with Gasteiger partial charge in [-0.3, -0.25) is 0 Å². The fraction of sp³-hybridized carbons (Fsp3) is 0.308. The standard InChI is InChI=1S/C13H16N6S2/c1-8(2)16-12(20)19-11-17-9(3)7-10(18-11)21-13-14-5-4-6-15-13/h4-8H,1-3H3,(H2,16,17,18,19,20). The molecule has 2 aromatic rings. The number of aryl methyl sites for hydroxylation is 1. The second kappa shape index (κ2) is 7.28. The van der Waals surface area contributed by atoms with E-state index in [4.69, 9.17) is 12.2 Å². The second-order valence-corrected chi connectivity index (χ2v) is 5.95. The zero-order chi connectivity index (χ0) is 15.2. The summed E-state index contributed by atoms with van der Waals surface area (Å²) in [6.45, 7) is 5.93. The highest BCUT2D eigenvalue weighted by molar-refractivity contribution is 7.99. The summed E-state index contributed by atoms with van der Waals surface area (Å²) >= 11 is 6.57. The lowest BCUT2D eigenvalue weighted by atomic mass is 10.4. The van der Waals surface area contributed by atoms with Crippen molar-refractivity contribution >= 4 is 35.0 Å². The summed E-state index contributed by atoms with van der Waals surface area (Å²) in [6, 6.07) is 3.91. The van der Waals surface area contributed by atoms with Crippen molar-refractivity contribution in [1.82, 2.24) is 25.3 Å². The van der Waals surface area contributed by atoms with Crippen LogP contribution >= 0.6 is 24.0 Å². The Morgan fingerprint density at radius 3 is 2.62 bits per heavy atom. The number of hydrogen-bond acceptors (Lipinski definition) is 6. The van der Waals surface area contributed by atoms with Gasteiger partial charge in [-0.15, -0.1) is 0 Å². The molecule has 0 radical (unpaired) electrons. The molecule has 0 saturated heterocycles. The Bertz CT molecular complexity index is 617. The van der Waals surface area contributed by atoms with Crippen molar-refractivity contribution in [2.75, 3.05) is 5.32 Å². The quantitative estimate of drug-likeness (QED) is 0.505. The van der Waals surface area contributed by atoms with Crippen LogP contribution in [0.4, 0.5) is 5.95 Å². The van der Waals surface area contributed by atoms with E-state index in [1.807, 2.05) is 26.8 Å². The molecule has 0 saturated carbocycles. The van der Waals surface area contributed by atoms with Crippen molar-refractivity contribution in [3.05, 3.63) is 30.2 Å². The maximum absolute atomic E-state index is 5.19. The summed E-state index contributed by atoms with van der Waals surface area (Å²) in [6.07, 6.45) is 3.40. The van der Waals surface area contributed by atoms with Crippen LogP contribution in [-0.4, -0.2) is 31.1 Å². The minimum absolute atomic E-state index is 0.251. The van der Waals surface area contributed by atoms with Gasteiger partial charge in [0.2, 0.25) is 5.95 Å². The third kappa shape index (κ3) is 5.24. The molecule has 0 amide bonds. The average Bonchev–Trinajstić information content (AvgIpc) is 2.37. The smallest absolute Gasteiger partial charge is 0.230 e. The molecule has 6 nitrogen and oxygen atoms in total. The largest absolute Gasteiger partial charge is 0.360 e. The number of nitrogens with zero attached hydrogens (tertiary/aromatic N) is 4. The van der Waals surface area contributed by atoms with Gasteiger partial charge in [-0.2, -0.15) is 0 Å². The number of hydrogen-bond donors (Lipinski definition) is 2. The van der Waals surface area contributed by atoms with Crippen molar-refractivity contribution < 1.29 is 0 Å². The van der Waals surface area contributed by atoms with E-state index in [0.29, 0.717) is 16.2 Å². The maximum atomic E-state index is 5.19. The number of thiocarbonyl (C=S) groups is 1. The molecule has 2 aromatic heterocycles. The molecule has 110 valence electrons. The molecular weight excluding hydrogens is 304 g/mol. The number of nitrogens with one attached hydrogen (secondary N) is 2. The van der Waals surface area contributed by atoms with E-state index in [9.17, 15) is 0 Å². The van der Waals surface area contributed by atoms with Gasteiger partial charge >= 0.3 is 0 Å². The highest BCUT2D eigenvalue weighted by Gasteiger charge is 2.07. The Morgan fingerprint density at radius 1 is 1.24 bits per heavy atom. The SMILES string of the molecule is Cc1cc(Sc2ncccn2)nc(NC(=S)NC(C)C)n1. The molecule has 2 heterocycles. The van der Waals surface area contributed by atoms with E-state index >= 15 is 0 Å². The second-order valence-electron chi connectivity index (χ2n) is 4.56. The summed E-state index contributed by atoms with van der Waals surface area (Å²) in [5, 5.41) is 7.99. The Hall–Kier alpha value is -1.80. The molecule has 8 heteroatoms. The molecule has 0 aliphatic heterocycles. The lowest BCUT2D eigenvalue weighted by Crippen LogP contribution is -2.34. The molecule has 2 rings (SSSR count). The Balaban J connectivity index is 2.12. The van der Waals surface area contributed by atoms with Crippen LogP contribution < -0.4 is 10.6 Å². The molecular formula is C13H16N6S2. The summed E-state index contributed by atoms with van der Waals surface area (Å²) in [5.74, 6) is 0.464. The van der Waals surface area contributed by atoms with Crippen molar-refractivity contribution in [2.45, 2.75) is 37.0 Å². The zero-order valence-corrected chi connectivity index (χ0v) is 13.6. The predicted molar refractivity (Wildman–Crippen MR) is 87.4 cm³/mol. The van der Waals surface area contributed by atoms with Crippen molar-refractivity contribution in [1.29, 1.82) is 0 Å². The van der Waals surface area contributed by atoms with E-state index in [-0.39, 0.29) is 6.04 Å². The van der Waals surface area contributed by atoms with E-state index in [2.05, 4.69) is 30.6 Å². The van der Waals surface area contributed by atoms with Crippen LogP contribution in [0.15, 0.2) is 34.7 Å². The summed E-state index contributed by atoms with van der Waals surface area (Å²) < 4.78 is 0. The van der Waals surface area contributed by atoms with Crippen LogP contribution in [0, 0.1) is 6.92 Å². The van der Waals surface area contributed by atoms with Gasteiger partial charge in [0, 0.05) is 24.1 Å². The minimum Gasteiger partial charge on any atom is -0.360 e. The van der Waals surface area contributed by atoms with Crippen molar-refractivity contribution in [2.24, 2.45) is 0 Å². The van der Waals surface area contributed by atoms with Gasteiger partial charge < -0.3 is 10.6 Å². The summed E-state index contributed by atoms with van der Waals surface area (Å²) in [5.41, 5.74) is 0.846. The number of rotatable bonds is 4. The van der Waals surface area contributed by atoms with Gasteiger partial charge in [-0.25, -0.2) is 19.9 Å². The number of aromatic nitrogens is 4. The molecule has 0 spiro atoms. The molecule has 0 bridgehead atoms. The van der Waals surface area contributed by atoms with Crippen LogP contribution in [-0.2, 0) is 0 Å². The third-order valence-electron chi connectivity index (χ3n) is 2.21. The molecule has 2 N–H and O–H groups in total. The maximum Gasteiger partial charge on any atom is 0.230 e. The molecule has 0 fully saturated rings. The van der Waals surface area contributed by atoms with Crippen molar-refractivity contribution in [3.8, 4) is 0 Å². The fourth-order valence-corrected chi connectivity index (χ4v) is 2.58. The van der Waals surface area contributed by atoms with E-state index in [0.717, 1.165) is 10.7 Å². The Labute approximate surface area is 133 Å². The topological polar surface area (TPSA) is 75.6 Å². The molecule has 21 heavy (non-hydrogen) atoms. The van der Waals surface area contributed by atoms with Gasteiger partial charge in [-0.1, -0.05) is 0 Å². The zero-order valence-electron chi connectivity index (χ0n) is 12.0. The van der Waals surface area contributed by atoms with Gasteiger partial charge in [0.05, 0.1) is 0 Å². The molecule has 0 unspecified atom stereocenters. The van der Waals surface area contributed by atoms with Gasteiger partial charge in [-0.05, 0) is 56.9 Å². The predicted octanol–water partition coefficient (Wildman–Crippen LogP) is 2.42. The lowest BCUT2D eigenvalue weighted by Gasteiger charge is -2.12. The summed E-state index contributed by atoms with van der Waals surface area (Å²) in [4.78, 5) is 17.1. The molecule has 0 aliphatic rings.